The van der Waals surface area contributed by atoms with Gasteiger partial charge in [0.2, 0.25) is 5.95 Å². The molecule has 8 heteroatoms. The molecule has 0 spiro atoms. The number of nitrogens with zero attached hydrogens (tertiary/aromatic N) is 3. The Labute approximate surface area is 139 Å². The standard InChI is InChI=1S/C16H19N5O3/c1-23-13-4-3-10(5-14(13)24-2)6-19-16(22)21-8-11-7-18-15(17)20-12(11)9-21/h3-5,7H,6,8-9H2,1-2H3,(H,19,22)(H2,17,18,20). The normalized spacial score (nSPS) is 12.7. The Morgan fingerprint density at radius 2 is 2.08 bits per heavy atom. The van der Waals surface area contributed by atoms with E-state index in [0.29, 0.717) is 31.1 Å². The molecule has 1 aliphatic heterocycles. The molecule has 0 saturated carbocycles. The van der Waals surface area contributed by atoms with Crippen molar-refractivity contribution in [3.05, 3.63) is 41.2 Å². The first-order valence-corrected chi connectivity index (χ1v) is 7.44. The molecule has 2 heterocycles. The van der Waals surface area contributed by atoms with Gasteiger partial charge in [0, 0.05) is 18.3 Å². The molecule has 126 valence electrons. The van der Waals surface area contributed by atoms with Gasteiger partial charge in [-0.3, -0.25) is 0 Å². The first kappa shape index (κ1) is 15.9. The largest absolute Gasteiger partial charge is 0.493 e. The number of benzene rings is 1. The van der Waals surface area contributed by atoms with Gasteiger partial charge in [-0.25, -0.2) is 14.8 Å². The molecule has 1 aromatic carbocycles. The van der Waals surface area contributed by atoms with Crippen LogP contribution in [-0.2, 0) is 19.6 Å². The Bertz CT molecular complexity index is 765. The molecule has 24 heavy (non-hydrogen) atoms. The Hall–Kier alpha value is -3.03. The highest BCUT2D eigenvalue weighted by Gasteiger charge is 2.24. The lowest BCUT2D eigenvalue weighted by Crippen LogP contribution is -2.36. The summed E-state index contributed by atoms with van der Waals surface area (Å²) in [5.41, 5.74) is 8.21. The van der Waals surface area contributed by atoms with Crippen molar-refractivity contribution in [1.82, 2.24) is 20.2 Å². The fourth-order valence-corrected chi connectivity index (χ4v) is 2.59. The average molecular weight is 329 g/mol. The fraction of sp³-hybridized carbons (Fsp3) is 0.312. The van der Waals surface area contributed by atoms with Crippen LogP contribution in [0.1, 0.15) is 16.8 Å². The number of urea groups is 1. The van der Waals surface area contributed by atoms with Crippen molar-refractivity contribution in [3.63, 3.8) is 0 Å². The predicted molar refractivity (Wildman–Crippen MR) is 87.5 cm³/mol. The molecule has 1 aliphatic rings. The second kappa shape index (κ2) is 6.61. The summed E-state index contributed by atoms with van der Waals surface area (Å²) in [7, 11) is 3.16. The van der Waals surface area contributed by atoms with Gasteiger partial charge in [-0.15, -0.1) is 0 Å². The summed E-state index contributed by atoms with van der Waals surface area (Å²) < 4.78 is 10.5. The fourth-order valence-electron chi connectivity index (χ4n) is 2.59. The smallest absolute Gasteiger partial charge is 0.318 e. The molecule has 0 radical (unpaired) electrons. The van der Waals surface area contributed by atoms with Crippen molar-refractivity contribution in [2.24, 2.45) is 0 Å². The van der Waals surface area contributed by atoms with Crippen LogP contribution in [0.2, 0.25) is 0 Å². The number of nitrogens with one attached hydrogen (secondary N) is 1. The summed E-state index contributed by atoms with van der Waals surface area (Å²) in [6, 6.07) is 5.36. The minimum absolute atomic E-state index is 0.165. The number of anilines is 1. The van der Waals surface area contributed by atoms with E-state index in [4.69, 9.17) is 15.2 Å². The molecule has 3 N–H and O–H groups in total. The molecule has 2 amide bonds. The molecule has 0 saturated heterocycles. The van der Waals surface area contributed by atoms with E-state index in [-0.39, 0.29) is 12.0 Å². The van der Waals surface area contributed by atoms with Crippen molar-refractivity contribution < 1.29 is 14.3 Å². The number of carbonyl (C=O) groups excluding carboxylic acids is 1. The third-order valence-corrected chi connectivity index (χ3v) is 3.85. The zero-order valence-electron chi connectivity index (χ0n) is 13.6. The van der Waals surface area contributed by atoms with E-state index >= 15 is 0 Å². The second-order valence-corrected chi connectivity index (χ2v) is 5.40. The van der Waals surface area contributed by atoms with E-state index in [1.54, 1.807) is 25.3 Å². The quantitative estimate of drug-likeness (QED) is 0.876. The lowest BCUT2D eigenvalue weighted by atomic mass is 10.2. The molecule has 3 rings (SSSR count). The molecule has 0 atom stereocenters. The number of carbonyl (C=O) groups is 1. The van der Waals surface area contributed by atoms with Crippen LogP contribution in [0.5, 0.6) is 11.5 Å². The Balaban J connectivity index is 1.61. The molecular weight excluding hydrogens is 310 g/mol. The van der Waals surface area contributed by atoms with Gasteiger partial charge in [0.1, 0.15) is 0 Å². The van der Waals surface area contributed by atoms with E-state index in [1.165, 1.54) is 0 Å². The van der Waals surface area contributed by atoms with Gasteiger partial charge in [-0.2, -0.15) is 0 Å². The van der Waals surface area contributed by atoms with Crippen molar-refractivity contribution in [2.75, 3.05) is 20.0 Å². The van der Waals surface area contributed by atoms with Crippen LogP contribution in [0, 0.1) is 0 Å². The Kier molecular flexibility index (Phi) is 4.37. The van der Waals surface area contributed by atoms with Crippen molar-refractivity contribution in [1.29, 1.82) is 0 Å². The van der Waals surface area contributed by atoms with Crippen molar-refractivity contribution in [2.45, 2.75) is 19.6 Å². The number of hydrogen-bond donors (Lipinski definition) is 2. The van der Waals surface area contributed by atoms with E-state index in [9.17, 15) is 4.79 Å². The Morgan fingerprint density at radius 3 is 2.83 bits per heavy atom. The molecule has 0 bridgehead atoms. The molecule has 8 nitrogen and oxygen atoms in total. The summed E-state index contributed by atoms with van der Waals surface area (Å²) in [6.45, 7) is 1.30. The molecule has 0 fully saturated rings. The monoisotopic (exact) mass is 329 g/mol. The van der Waals surface area contributed by atoms with E-state index in [0.717, 1.165) is 16.8 Å². The second-order valence-electron chi connectivity index (χ2n) is 5.40. The number of aromatic nitrogens is 2. The number of rotatable bonds is 4. The zero-order valence-corrected chi connectivity index (χ0v) is 13.6. The number of ether oxygens (including phenoxy) is 2. The van der Waals surface area contributed by atoms with Crippen LogP contribution < -0.4 is 20.5 Å². The van der Waals surface area contributed by atoms with Gasteiger partial charge in [-0.1, -0.05) is 6.07 Å². The number of methoxy groups -OCH3 is 2. The van der Waals surface area contributed by atoms with Crippen molar-refractivity contribution >= 4 is 12.0 Å². The first-order valence-electron chi connectivity index (χ1n) is 7.44. The van der Waals surface area contributed by atoms with Crippen LogP contribution in [0.4, 0.5) is 10.7 Å². The maximum absolute atomic E-state index is 12.3. The highest BCUT2D eigenvalue weighted by molar-refractivity contribution is 5.75. The Morgan fingerprint density at radius 1 is 1.29 bits per heavy atom. The van der Waals surface area contributed by atoms with Crippen LogP contribution in [-0.4, -0.2) is 35.1 Å². The number of amides is 2. The third kappa shape index (κ3) is 3.17. The number of nitrogen functional groups attached to an aromatic ring is 1. The maximum atomic E-state index is 12.3. The van der Waals surface area contributed by atoms with Gasteiger partial charge in [0.25, 0.3) is 0 Å². The summed E-state index contributed by atoms with van der Waals surface area (Å²) in [5.74, 6) is 1.50. The minimum atomic E-state index is -0.165. The van der Waals surface area contributed by atoms with Crippen LogP contribution in [0.25, 0.3) is 0 Å². The van der Waals surface area contributed by atoms with Crippen LogP contribution in [0.3, 0.4) is 0 Å². The predicted octanol–water partition coefficient (Wildman–Crippen LogP) is 1.30. The highest BCUT2D eigenvalue weighted by Crippen LogP contribution is 2.27. The molecule has 0 aliphatic carbocycles. The van der Waals surface area contributed by atoms with Gasteiger partial charge in [0.15, 0.2) is 11.5 Å². The maximum Gasteiger partial charge on any atom is 0.318 e. The lowest BCUT2D eigenvalue weighted by Gasteiger charge is -2.16. The third-order valence-electron chi connectivity index (χ3n) is 3.85. The topological polar surface area (TPSA) is 103 Å². The minimum Gasteiger partial charge on any atom is -0.493 e. The van der Waals surface area contributed by atoms with E-state index in [2.05, 4.69) is 15.3 Å². The average Bonchev–Trinajstić information content (AvgIpc) is 3.02. The highest BCUT2D eigenvalue weighted by atomic mass is 16.5. The van der Waals surface area contributed by atoms with Crippen molar-refractivity contribution in [3.8, 4) is 11.5 Å². The van der Waals surface area contributed by atoms with Gasteiger partial charge >= 0.3 is 6.03 Å². The zero-order chi connectivity index (χ0) is 17.1. The molecule has 1 aromatic heterocycles. The van der Waals surface area contributed by atoms with Gasteiger partial charge in [-0.05, 0) is 17.7 Å². The summed E-state index contributed by atoms with van der Waals surface area (Å²) in [6.07, 6.45) is 1.67. The summed E-state index contributed by atoms with van der Waals surface area (Å²) in [4.78, 5) is 22.1. The van der Waals surface area contributed by atoms with Crippen LogP contribution in [0.15, 0.2) is 24.4 Å². The van der Waals surface area contributed by atoms with E-state index in [1.807, 2.05) is 18.2 Å². The van der Waals surface area contributed by atoms with Crippen LogP contribution >= 0.6 is 0 Å². The lowest BCUT2D eigenvalue weighted by molar-refractivity contribution is 0.197. The molecule has 2 aromatic rings. The SMILES string of the molecule is COc1ccc(CNC(=O)N2Cc3cnc(N)nc3C2)cc1OC. The van der Waals surface area contributed by atoms with E-state index < -0.39 is 0 Å². The van der Waals surface area contributed by atoms with Gasteiger partial charge < -0.3 is 25.4 Å². The molecular formula is C16H19N5O3. The van der Waals surface area contributed by atoms with Gasteiger partial charge in [0.05, 0.1) is 33.0 Å². The first-order chi connectivity index (χ1) is 11.6. The number of fused-ring (bicyclic) bond motifs is 1. The summed E-state index contributed by atoms with van der Waals surface area (Å²) >= 11 is 0. The summed E-state index contributed by atoms with van der Waals surface area (Å²) in [5, 5.41) is 2.89. The molecule has 0 unspecified atom stereocenters. The number of hydrogen-bond acceptors (Lipinski definition) is 6. The number of nitrogens with two attached hydrogens (primary N) is 1.